The van der Waals surface area contributed by atoms with E-state index in [1.54, 1.807) is 24.4 Å². The fourth-order valence-electron chi connectivity index (χ4n) is 1.29. The van der Waals surface area contributed by atoms with Gasteiger partial charge >= 0.3 is 0 Å². The van der Waals surface area contributed by atoms with E-state index in [0.717, 1.165) is 0 Å². The number of nitrogens with one attached hydrogen (secondary N) is 1. The molecule has 0 aliphatic carbocycles. The van der Waals surface area contributed by atoms with Crippen LogP contribution in [0.1, 0.15) is 5.69 Å². The van der Waals surface area contributed by atoms with Gasteiger partial charge in [0.2, 0.25) is 5.90 Å². The molecule has 5 nitrogen and oxygen atoms in total. The summed E-state index contributed by atoms with van der Waals surface area (Å²) in [6.45, 7) is 0. The van der Waals surface area contributed by atoms with Crippen LogP contribution in [-0.4, -0.2) is 32.2 Å². The van der Waals surface area contributed by atoms with Gasteiger partial charge in [-0.1, -0.05) is 6.07 Å². The summed E-state index contributed by atoms with van der Waals surface area (Å²) in [6, 6.07) is 5.27. The zero-order valence-electron chi connectivity index (χ0n) is 8.98. The smallest absolute Gasteiger partial charge is 0.290 e. The zero-order valence-corrected chi connectivity index (χ0v) is 8.98. The Morgan fingerprint density at radius 1 is 1.27 bits per heavy atom. The Bertz CT molecular complexity index is 323. The molecule has 0 saturated heterocycles. The number of nitrogens with zero attached hydrogens (tertiary/aromatic N) is 1. The van der Waals surface area contributed by atoms with Crippen LogP contribution in [0.25, 0.3) is 0 Å². The molecule has 0 fully saturated rings. The highest BCUT2D eigenvalue weighted by Gasteiger charge is 2.40. The van der Waals surface area contributed by atoms with Crippen molar-refractivity contribution in [2.75, 3.05) is 21.3 Å². The lowest BCUT2D eigenvalue weighted by atomic mass is 10.1. The number of hydrogen-bond acceptors (Lipinski definition) is 5. The standard InChI is InChI=1S/C10H14N2O3/c1-13-9(11)10(14-2,15-3)8-6-4-5-7-12-8/h4-7,11H,1-3H3. The minimum atomic E-state index is -1.37. The van der Waals surface area contributed by atoms with Gasteiger partial charge in [0.1, 0.15) is 5.69 Å². The fourth-order valence-corrected chi connectivity index (χ4v) is 1.29. The van der Waals surface area contributed by atoms with E-state index in [1.165, 1.54) is 21.3 Å². The summed E-state index contributed by atoms with van der Waals surface area (Å²) in [4.78, 5) is 4.09. The number of ether oxygens (including phenoxy) is 3. The lowest BCUT2D eigenvalue weighted by Gasteiger charge is -2.28. The van der Waals surface area contributed by atoms with Gasteiger partial charge < -0.3 is 14.2 Å². The van der Waals surface area contributed by atoms with Crippen molar-refractivity contribution in [1.29, 1.82) is 5.41 Å². The monoisotopic (exact) mass is 210 g/mol. The summed E-state index contributed by atoms with van der Waals surface area (Å²) >= 11 is 0. The summed E-state index contributed by atoms with van der Waals surface area (Å²) in [7, 11) is 4.26. The molecule has 0 bridgehead atoms. The van der Waals surface area contributed by atoms with Crippen molar-refractivity contribution in [1.82, 2.24) is 4.98 Å². The maximum Gasteiger partial charge on any atom is 0.290 e. The Labute approximate surface area is 88.5 Å². The molecule has 0 aliphatic heterocycles. The van der Waals surface area contributed by atoms with Crippen LogP contribution in [0.2, 0.25) is 0 Å². The van der Waals surface area contributed by atoms with E-state index in [-0.39, 0.29) is 5.90 Å². The Balaban J connectivity index is 3.17. The van der Waals surface area contributed by atoms with Gasteiger partial charge in [0, 0.05) is 20.4 Å². The topological polar surface area (TPSA) is 64.4 Å². The average molecular weight is 210 g/mol. The summed E-state index contributed by atoms with van der Waals surface area (Å²) in [5.74, 6) is -1.51. The van der Waals surface area contributed by atoms with Crippen LogP contribution in [-0.2, 0) is 20.0 Å². The fraction of sp³-hybridized carbons (Fsp3) is 0.400. The van der Waals surface area contributed by atoms with E-state index in [4.69, 9.17) is 19.6 Å². The maximum atomic E-state index is 7.67. The SMILES string of the molecule is COC(=N)C(OC)(OC)c1ccccn1. The van der Waals surface area contributed by atoms with Gasteiger partial charge in [0.15, 0.2) is 0 Å². The highest BCUT2D eigenvalue weighted by atomic mass is 16.7. The third-order valence-corrected chi connectivity index (χ3v) is 2.08. The second kappa shape index (κ2) is 4.86. The molecule has 1 N–H and O–H groups in total. The number of pyridine rings is 1. The zero-order chi connectivity index (χ0) is 11.3. The van der Waals surface area contributed by atoms with E-state index < -0.39 is 5.79 Å². The predicted molar refractivity (Wildman–Crippen MR) is 54.7 cm³/mol. The van der Waals surface area contributed by atoms with Crippen molar-refractivity contribution in [2.45, 2.75) is 5.79 Å². The first kappa shape index (κ1) is 11.6. The first-order valence-corrected chi connectivity index (χ1v) is 4.36. The van der Waals surface area contributed by atoms with Crippen molar-refractivity contribution in [3.8, 4) is 0 Å². The summed E-state index contributed by atoms with van der Waals surface area (Å²) in [5, 5.41) is 7.67. The van der Waals surface area contributed by atoms with Gasteiger partial charge in [0.25, 0.3) is 5.79 Å². The minimum absolute atomic E-state index is 0.147. The number of methoxy groups -OCH3 is 3. The molecule has 15 heavy (non-hydrogen) atoms. The minimum Gasteiger partial charge on any atom is -0.480 e. The molecule has 5 heteroatoms. The summed E-state index contributed by atoms with van der Waals surface area (Å²) < 4.78 is 15.2. The molecule has 0 saturated carbocycles. The van der Waals surface area contributed by atoms with Gasteiger partial charge in [0.05, 0.1) is 7.11 Å². The van der Waals surface area contributed by atoms with Crippen molar-refractivity contribution in [2.24, 2.45) is 0 Å². The van der Waals surface area contributed by atoms with Gasteiger partial charge in [-0.3, -0.25) is 10.4 Å². The molecular weight excluding hydrogens is 196 g/mol. The largest absolute Gasteiger partial charge is 0.480 e. The van der Waals surface area contributed by atoms with Gasteiger partial charge in [-0.25, -0.2) is 0 Å². The average Bonchev–Trinajstić information content (AvgIpc) is 2.32. The van der Waals surface area contributed by atoms with E-state index in [9.17, 15) is 0 Å². The van der Waals surface area contributed by atoms with E-state index in [0.29, 0.717) is 5.69 Å². The molecule has 0 amide bonds. The number of rotatable bonds is 4. The molecule has 1 aromatic heterocycles. The lowest BCUT2D eigenvalue weighted by molar-refractivity contribution is -0.175. The molecule has 1 aromatic rings. The molecule has 0 aromatic carbocycles. The first-order valence-electron chi connectivity index (χ1n) is 4.36. The van der Waals surface area contributed by atoms with Crippen molar-refractivity contribution >= 4 is 5.90 Å². The third-order valence-electron chi connectivity index (χ3n) is 2.08. The Morgan fingerprint density at radius 3 is 2.33 bits per heavy atom. The Hall–Kier alpha value is -1.46. The highest BCUT2D eigenvalue weighted by Crippen LogP contribution is 2.25. The predicted octanol–water partition coefficient (Wildman–Crippen LogP) is 1.15. The molecular formula is C10H14N2O3. The van der Waals surface area contributed by atoms with Crippen molar-refractivity contribution in [3.63, 3.8) is 0 Å². The van der Waals surface area contributed by atoms with E-state index in [1.807, 2.05) is 0 Å². The first-order chi connectivity index (χ1) is 7.21. The van der Waals surface area contributed by atoms with Gasteiger partial charge in [-0.2, -0.15) is 0 Å². The normalized spacial score (nSPS) is 11.1. The van der Waals surface area contributed by atoms with Crippen molar-refractivity contribution in [3.05, 3.63) is 30.1 Å². The van der Waals surface area contributed by atoms with Crippen LogP contribution in [0.4, 0.5) is 0 Å². The Morgan fingerprint density at radius 2 is 1.93 bits per heavy atom. The van der Waals surface area contributed by atoms with Crippen LogP contribution >= 0.6 is 0 Å². The molecule has 0 aliphatic rings. The molecule has 1 heterocycles. The van der Waals surface area contributed by atoms with Gasteiger partial charge in [-0.05, 0) is 12.1 Å². The number of hydrogen-bond donors (Lipinski definition) is 1. The second-order valence-electron chi connectivity index (χ2n) is 2.77. The number of aromatic nitrogens is 1. The quantitative estimate of drug-likeness (QED) is 0.460. The van der Waals surface area contributed by atoms with Gasteiger partial charge in [-0.15, -0.1) is 0 Å². The molecule has 0 unspecified atom stereocenters. The van der Waals surface area contributed by atoms with Crippen LogP contribution < -0.4 is 0 Å². The summed E-state index contributed by atoms with van der Waals surface area (Å²) in [6.07, 6.45) is 1.60. The van der Waals surface area contributed by atoms with Crippen LogP contribution in [0.15, 0.2) is 24.4 Å². The molecule has 0 spiro atoms. The molecule has 1 rings (SSSR count). The van der Waals surface area contributed by atoms with Crippen LogP contribution in [0.5, 0.6) is 0 Å². The van der Waals surface area contributed by atoms with Crippen LogP contribution in [0, 0.1) is 5.41 Å². The van der Waals surface area contributed by atoms with Crippen LogP contribution in [0.3, 0.4) is 0 Å². The molecule has 0 radical (unpaired) electrons. The van der Waals surface area contributed by atoms with Crippen molar-refractivity contribution < 1.29 is 14.2 Å². The lowest BCUT2D eigenvalue weighted by Crippen LogP contribution is -2.41. The maximum absolute atomic E-state index is 7.67. The summed E-state index contributed by atoms with van der Waals surface area (Å²) in [5.41, 5.74) is 0.474. The van der Waals surface area contributed by atoms with E-state index >= 15 is 0 Å². The van der Waals surface area contributed by atoms with E-state index in [2.05, 4.69) is 4.98 Å². The highest BCUT2D eigenvalue weighted by molar-refractivity contribution is 5.81. The third kappa shape index (κ3) is 1.98. The molecule has 82 valence electrons. The molecule has 0 atom stereocenters. The Kier molecular flexibility index (Phi) is 3.76. The second-order valence-corrected chi connectivity index (χ2v) is 2.77.